The first-order chi connectivity index (χ1) is 14.5. The third kappa shape index (κ3) is 7.57. The smallest absolute Gasteiger partial charge is 0.253 e. The van der Waals surface area contributed by atoms with E-state index in [0.29, 0.717) is 0 Å². The van der Waals surface area contributed by atoms with E-state index in [1.807, 2.05) is 45.2 Å². The summed E-state index contributed by atoms with van der Waals surface area (Å²) in [6.07, 6.45) is -2.54. The topological polar surface area (TPSA) is 188 Å². The number of benzene rings is 1. The quantitative estimate of drug-likeness (QED) is 0.139. The molecular formula is C17H22I3N3O8. The van der Waals surface area contributed by atoms with Crippen molar-refractivity contribution in [3.05, 3.63) is 21.8 Å². The lowest BCUT2D eigenvalue weighted by Crippen LogP contribution is -2.41. The molecule has 0 aliphatic carbocycles. The Hall–Kier alpha value is -0.380. The molecule has 11 nitrogen and oxygen atoms in total. The van der Waals surface area contributed by atoms with Crippen molar-refractivity contribution in [2.75, 3.05) is 31.7 Å². The number of aliphatic hydroxyl groups is 5. The first-order valence-corrected chi connectivity index (χ1v) is 12.0. The van der Waals surface area contributed by atoms with Crippen molar-refractivity contribution in [2.24, 2.45) is 0 Å². The van der Waals surface area contributed by atoms with E-state index < -0.39 is 55.8 Å². The van der Waals surface area contributed by atoms with E-state index in [0.717, 1.165) is 0 Å². The molecule has 0 bridgehead atoms. The van der Waals surface area contributed by atoms with Gasteiger partial charge in [-0.3, -0.25) is 14.4 Å². The predicted molar refractivity (Wildman–Crippen MR) is 136 cm³/mol. The summed E-state index contributed by atoms with van der Waals surface area (Å²) in [5.74, 6) is -2.12. The van der Waals surface area contributed by atoms with Gasteiger partial charge in [0.2, 0.25) is 0 Å². The number of rotatable bonds is 10. The van der Waals surface area contributed by atoms with Crippen LogP contribution in [0.25, 0.3) is 0 Å². The molecule has 0 heterocycles. The van der Waals surface area contributed by atoms with Crippen LogP contribution in [-0.4, -0.2) is 87.9 Å². The van der Waals surface area contributed by atoms with Crippen molar-refractivity contribution in [3.63, 3.8) is 0 Å². The van der Waals surface area contributed by atoms with Crippen LogP contribution < -0.4 is 16.0 Å². The van der Waals surface area contributed by atoms with E-state index in [-0.39, 0.29) is 34.1 Å². The van der Waals surface area contributed by atoms with Crippen LogP contribution in [0, 0.1) is 10.7 Å². The number of carbonyl (C=O) groups is 3. The second-order valence-corrected chi connectivity index (χ2v) is 9.55. The molecule has 0 aromatic heterocycles. The normalized spacial score (nSPS) is 13.0. The highest BCUT2D eigenvalue weighted by Crippen LogP contribution is 2.36. The van der Waals surface area contributed by atoms with Gasteiger partial charge in [0.15, 0.2) is 0 Å². The Morgan fingerprint density at radius 1 is 0.871 bits per heavy atom. The fourth-order valence-electron chi connectivity index (χ4n) is 2.17. The highest BCUT2D eigenvalue weighted by Gasteiger charge is 2.30. The van der Waals surface area contributed by atoms with E-state index >= 15 is 0 Å². The van der Waals surface area contributed by atoms with Crippen LogP contribution in [0.2, 0.25) is 0 Å². The molecule has 14 heteroatoms. The average molecular weight is 777 g/mol. The minimum absolute atomic E-state index is 0.0160. The average Bonchev–Trinajstić information content (AvgIpc) is 2.72. The first-order valence-electron chi connectivity index (χ1n) is 8.79. The standard InChI is InChI=1S/C17H22I3N3O8/c1-6(27)15(29)23-14-12(19)9(16(30)21-2-8(28)5-26)11(18)10(13(14)20)17(31)22-7(3-24)4-25/h6-8,24-28H,2-5H2,1H3,(H,21,30)(H,22,31)(H,23,29)/t6-,8?/m0/s1. The van der Waals surface area contributed by atoms with Gasteiger partial charge in [-0.15, -0.1) is 0 Å². The van der Waals surface area contributed by atoms with Gasteiger partial charge in [0.1, 0.15) is 6.10 Å². The minimum Gasteiger partial charge on any atom is -0.394 e. The maximum absolute atomic E-state index is 12.9. The summed E-state index contributed by atoms with van der Waals surface area (Å²) in [5, 5.41) is 53.9. The molecule has 0 spiro atoms. The zero-order valence-corrected chi connectivity index (χ0v) is 22.6. The number of hydrogen-bond donors (Lipinski definition) is 8. The largest absolute Gasteiger partial charge is 0.394 e. The third-order valence-corrected chi connectivity index (χ3v) is 7.12. The zero-order chi connectivity index (χ0) is 23.9. The molecule has 0 saturated carbocycles. The number of anilines is 1. The highest BCUT2D eigenvalue weighted by atomic mass is 127. The lowest BCUT2D eigenvalue weighted by molar-refractivity contribution is -0.123. The van der Waals surface area contributed by atoms with Crippen LogP contribution in [0.4, 0.5) is 5.69 Å². The molecule has 8 N–H and O–H groups in total. The molecular weight excluding hydrogens is 755 g/mol. The van der Waals surface area contributed by atoms with Crippen molar-refractivity contribution in [1.82, 2.24) is 10.6 Å². The lowest BCUT2D eigenvalue weighted by atomic mass is 10.1. The third-order valence-electron chi connectivity index (χ3n) is 3.88. The monoisotopic (exact) mass is 777 g/mol. The van der Waals surface area contributed by atoms with Crippen molar-refractivity contribution in [2.45, 2.75) is 25.2 Å². The molecule has 2 atom stereocenters. The van der Waals surface area contributed by atoms with Crippen molar-refractivity contribution in [1.29, 1.82) is 0 Å². The molecule has 0 saturated heterocycles. The Labute approximate surface area is 218 Å². The number of aliphatic hydroxyl groups excluding tert-OH is 5. The Balaban J connectivity index is 3.59. The van der Waals surface area contributed by atoms with E-state index in [4.69, 9.17) is 5.11 Å². The Kier molecular flexibility index (Phi) is 12.3. The molecule has 0 aliphatic heterocycles. The predicted octanol–water partition coefficient (Wildman–Crippen LogP) is -1.01. The van der Waals surface area contributed by atoms with Crippen LogP contribution in [0.15, 0.2) is 0 Å². The molecule has 174 valence electrons. The Morgan fingerprint density at radius 2 is 1.39 bits per heavy atom. The molecule has 31 heavy (non-hydrogen) atoms. The summed E-state index contributed by atoms with van der Waals surface area (Å²) in [4.78, 5) is 37.8. The number of halogens is 3. The van der Waals surface area contributed by atoms with Crippen molar-refractivity contribution in [3.8, 4) is 0 Å². The molecule has 0 radical (unpaired) electrons. The first kappa shape index (κ1) is 28.7. The fraction of sp³-hybridized carbons (Fsp3) is 0.471. The van der Waals surface area contributed by atoms with Gasteiger partial charge < -0.3 is 41.5 Å². The zero-order valence-electron chi connectivity index (χ0n) is 16.2. The van der Waals surface area contributed by atoms with Crippen LogP contribution in [-0.2, 0) is 4.79 Å². The van der Waals surface area contributed by atoms with Crippen LogP contribution in [0.3, 0.4) is 0 Å². The number of amides is 3. The van der Waals surface area contributed by atoms with E-state index in [1.165, 1.54) is 6.92 Å². The van der Waals surface area contributed by atoms with Gasteiger partial charge in [0.25, 0.3) is 17.7 Å². The summed E-state index contributed by atoms with van der Waals surface area (Å²) in [5.41, 5.74) is 0.166. The second kappa shape index (κ2) is 13.4. The van der Waals surface area contributed by atoms with Crippen molar-refractivity contribution < 1.29 is 39.9 Å². The SMILES string of the molecule is C[C@H](O)C(=O)Nc1c(I)c(C(=O)NCC(O)CO)c(I)c(C(=O)NC(CO)CO)c1I. The summed E-state index contributed by atoms with van der Waals surface area (Å²) in [7, 11) is 0. The van der Waals surface area contributed by atoms with Gasteiger partial charge in [-0.2, -0.15) is 0 Å². The summed E-state index contributed by atoms with van der Waals surface area (Å²) in [6.45, 7) is -0.586. The van der Waals surface area contributed by atoms with Crippen LogP contribution in [0.5, 0.6) is 0 Å². The van der Waals surface area contributed by atoms with E-state index in [9.17, 15) is 34.8 Å². The molecule has 1 unspecified atom stereocenters. The van der Waals surface area contributed by atoms with Gasteiger partial charge in [-0.1, -0.05) is 0 Å². The molecule has 3 amide bonds. The van der Waals surface area contributed by atoms with Gasteiger partial charge >= 0.3 is 0 Å². The van der Waals surface area contributed by atoms with Gasteiger partial charge in [0, 0.05) is 10.1 Å². The maximum atomic E-state index is 12.9. The molecule has 1 aromatic carbocycles. The van der Waals surface area contributed by atoms with Gasteiger partial charge in [0.05, 0.1) is 55.9 Å². The van der Waals surface area contributed by atoms with E-state index in [1.54, 1.807) is 22.6 Å². The summed E-state index contributed by atoms with van der Waals surface area (Å²) >= 11 is 5.43. The molecule has 1 aromatic rings. The fourth-order valence-corrected chi connectivity index (χ4v) is 6.59. The molecule has 1 rings (SSSR count). The molecule has 0 fully saturated rings. The lowest BCUT2D eigenvalue weighted by Gasteiger charge is -2.21. The molecule has 0 aliphatic rings. The Bertz CT molecular complexity index is 834. The van der Waals surface area contributed by atoms with Gasteiger partial charge in [-0.25, -0.2) is 0 Å². The number of carbonyl (C=O) groups excluding carboxylic acids is 3. The summed E-state index contributed by atoms with van der Waals surface area (Å²) in [6, 6.07) is -0.939. The minimum atomic E-state index is -1.35. The van der Waals surface area contributed by atoms with Gasteiger partial charge in [-0.05, 0) is 74.7 Å². The maximum Gasteiger partial charge on any atom is 0.253 e. The van der Waals surface area contributed by atoms with Crippen LogP contribution in [0.1, 0.15) is 27.6 Å². The highest BCUT2D eigenvalue weighted by molar-refractivity contribution is 14.1. The summed E-state index contributed by atoms with van der Waals surface area (Å²) < 4.78 is 0.790. The second-order valence-electron chi connectivity index (χ2n) is 6.31. The number of nitrogens with one attached hydrogen (secondary N) is 3. The number of hydrogen-bond acceptors (Lipinski definition) is 8. The Morgan fingerprint density at radius 3 is 1.84 bits per heavy atom. The van der Waals surface area contributed by atoms with Crippen LogP contribution >= 0.6 is 67.8 Å². The van der Waals surface area contributed by atoms with Crippen molar-refractivity contribution >= 4 is 91.2 Å². The van der Waals surface area contributed by atoms with E-state index in [2.05, 4.69) is 16.0 Å².